The van der Waals surface area contributed by atoms with Crippen molar-refractivity contribution in [2.45, 2.75) is 35.9 Å². The van der Waals surface area contributed by atoms with E-state index in [9.17, 15) is 0 Å². The van der Waals surface area contributed by atoms with Crippen molar-refractivity contribution in [1.82, 2.24) is 19.8 Å². The topological polar surface area (TPSA) is 59.7 Å². The number of benzene rings is 1. The first-order chi connectivity index (χ1) is 10.8. The number of fused-ring (bicyclic) bond motifs is 1. The van der Waals surface area contributed by atoms with Crippen molar-refractivity contribution in [3.05, 3.63) is 41.2 Å². The minimum absolute atomic E-state index is 0.423. The standard InChI is InChI=1S/C15H17N5S2/c1-10-5-2-3-6-11(10)9-21-15-19-20-13(12-7-4-8-16-12)17-18-14(20)22-15/h2-3,5-6,12,16H,4,7-9H2,1H3/p+1/t12-/m1/s1. The van der Waals surface area contributed by atoms with E-state index in [0.717, 1.165) is 20.9 Å². The molecule has 1 fully saturated rings. The maximum Gasteiger partial charge on any atom is 0.235 e. The summed E-state index contributed by atoms with van der Waals surface area (Å²) in [5, 5.41) is 15.7. The van der Waals surface area contributed by atoms with Crippen LogP contribution in [0.2, 0.25) is 0 Å². The van der Waals surface area contributed by atoms with Crippen molar-refractivity contribution >= 4 is 28.1 Å². The van der Waals surface area contributed by atoms with Gasteiger partial charge in [0.2, 0.25) is 10.8 Å². The lowest BCUT2D eigenvalue weighted by atomic mass is 10.1. The third-order valence-corrected chi connectivity index (χ3v) is 6.19. The molecule has 3 heterocycles. The van der Waals surface area contributed by atoms with Crippen molar-refractivity contribution in [1.29, 1.82) is 0 Å². The number of nitrogens with two attached hydrogens (primary N) is 1. The Balaban J connectivity index is 1.54. The van der Waals surface area contributed by atoms with Crippen LogP contribution < -0.4 is 5.32 Å². The normalized spacial score (nSPS) is 18.3. The third kappa shape index (κ3) is 2.64. The molecule has 2 aromatic heterocycles. The van der Waals surface area contributed by atoms with Gasteiger partial charge in [-0.05, 0) is 18.1 Å². The van der Waals surface area contributed by atoms with Crippen LogP contribution in [0.1, 0.15) is 35.8 Å². The van der Waals surface area contributed by atoms with Crippen LogP contribution in [0.25, 0.3) is 4.96 Å². The van der Waals surface area contributed by atoms with Crippen LogP contribution in [0.3, 0.4) is 0 Å². The van der Waals surface area contributed by atoms with E-state index in [-0.39, 0.29) is 0 Å². The summed E-state index contributed by atoms with van der Waals surface area (Å²) in [4.78, 5) is 0.905. The third-order valence-electron chi connectivity index (χ3n) is 4.11. The first-order valence-electron chi connectivity index (χ1n) is 7.54. The quantitative estimate of drug-likeness (QED) is 0.744. The van der Waals surface area contributed by atoms with E-state index in [4.69, 9.17) is 5.10 Å². The van der Waals surface area contributed by atoms with Gasteiger partial charge in [0.05, 0.1) is 6.54 Å². The van der Waals surface area contributed by atoms with Gasteiger partial charge in [-0.25, -0.2) is 0 Å². The lowest BCUT2D eigenvalue weighted by Gasteiger charge is -2.03. The molecule has 1 aliphatic heterocycles. The van der Waals surface area contributed by atoms with Gasteiger partial charge in [-0.15, -0.1) is 15.3 Å². The number of nitrogens with zero attached hydrogens (tertiary/aromatic N) is 4. The molecule has 0 bridgehead atoms. The van der Waals surface area contributed by atoms with Gasteiger partial charge in [-0.1, -0.05) is 47.4 Å². The molecule has 3 aromatic rings. The van der Waals surface area contributed by atoms with Crippen LogP contribution in [0.15, 0.2) is 28.6 Å². The Bertz CT molecular complexity index is 788. The summed E-state index contributed by atoms with van der Waals surface area (Å²) < 4.78 is 3.00. The maximum absolute atomic E-state index is 4.72. The molecule has 7 heteroatoms. The van der Waals surface area contributed by atoms with Gasteiger partial charge in [0, 0.05) is 18.6 Å². The van der Waals surface area contributed by atoms with Gasteiger partial charge in [0.15, 0.2) is 4.34 Å². The van der Waals surface area contributed by atoms with Crippen LogP contribution in [-0.4, -0.2) is 26.4 Å². The van der Waals surface area contributed by atoms with Crippen LogP contribution in [0, 0.1) is 6.92 Å². The van der Waals surface area contributed by atoms with E-state index in [0.29, 0.717) is 6.04 Å². The zero-order chi connectivity index (χ0) is 14.9. The molecule has 114 valence electrons. The molecular weight excluding hydrogens is 314 g/mol. The molecule has 1 saturated heterocycles. The molecule has 22 heavy (non-hydrogen) atoms. The molecule has 1 aliphatic rings. The molecule has 4 rings (SSSR count). The highest BCUT2D eigenvalue weighted by Crippen LogP contribution is 2.29. The second kappa shape index (κ2) is 5.98. The summed E-state index contributed by atoms with van der Waals surface area (Å²) in [7, 11) is 0. The SMILES string of the molecule is Cc1ccccc1CSc1nn2c([C@H]3CCC[NH2+]3)nnc2s1. The second-order valence-electron chi connectivity index (χ2n) is 5.61. The highest BCUT2D eigenvalue weighted by Gasteiger charge is 2.27. The molecule has 0 radical (unpaired) electrons. The molecular formula is C15H18N5S2+. The molecule has 1 aromatic carbocycles. The predicted molar refractivity (Wildman–Crippen MR) is 88.2 cm³/mol. The van der Waals surface area contributed by atoms with Crippen molar-refractivity contribution in [3.8, 4) is 0 Å². The van der Waals surface area contributed by atoms with E-state index < -0.39 is 0 Å². The molecule has 0 aliphatic carbocycles. The van der Waals surface area contributed by atoms with E-state index in [1.807, 2.05) is 4.52 Å². The monoisotopic (exact) mass is 332 g/mol. The van der Waals surface area contributed by atoms with Crippen molar-refractivity contribution in [2.24, 2.45) is 0 Å². The van der Waals surface area contributed by atoms with Crippen molar-refractivity contribution < 1.29 is 5.32 Å². The van der Waals surface area contributed by atoms with Gasteiger partial charge in [0.25, 0.3) is 0 Å². The van der Waals surface area contributed by atoms with Gasteiger partial charge >= 0.3 is 0 Å². The number of quaternary nitrogens is 1. The predicted octanol–water partition coefficient (Wildman–Crippen LogP) is 2.18. The molecule has 0 unspecified atom stereocenters. The number of aryl methyl sites for hydroxylation is 1. The Hall–Kier alpha value is -1.44. The Labute approximate surface area is 137 Å². The molecule has 1 atom stereocenters. The lowest BCUT2D eigenvalue weighted by molar-refractivity contribution is -0.677. The minimum atomic E-state index is 0.423. The van der Waals surface area contributed by atoms with Gasteiger partial charge in [-0.2, -0.15) is 4.52 Å². The molecule has 5 nitrogen and oxygen atoms in total. The average molecular weight is 332 g/mol. The van der Waals surface area contributed by atoms with Crippen LogP contribution >= 0.6 is 23.1 Å². The Morgan fingerprint density at radius 3 is 3.09 bits per heavy atom. The van der Waals surface area contributed by atoms with Crippen LogP contribution in [-0.2, 0) is 5.75 Å². The molecule has 0 amide bonds. The van der Waals surface area contributed by atoms with Gasteiger partial charge in [0.1, 0.15) is 6.04 Å². The first-order valence-corrected chi connectivity index (χ1v) is 9.34. The molecule has 2 N–H and O–H groups in total. The van der Waals surface area contributed by atoms with E-state index in [2.05, 4.69) is 46.7 Å². The fourth-order valence-electron chi connectivity index (χ4n) is 2.82. The Morgan fingerprint density at radius 2 is 2.27 bits per heavy atom. The highest BCUT2D eigenvalue weighted by molar-refractivity contribution is 8.00. The largest absolute Gasteiger partial charge is 0.337 e. The fourth-order valence-corrected chi connectivity index (χ4v) is 4.78. The lowest BCUT2D eigenvalue weighted by Crippen LogP contribution is -2.82. The van der Waals surface area contributed by atoms with Crippen LogP contribution in [0.5, 0.6) is 0 Å². The van der Waals surface area contributed by atoms with Gasteiger partial charge < -0.3 is 5.32 Å². The molecule has 0 spiro atoms. The van der Waals surface area contributed by atoms with Gasteiger partial charge in [-0.3, -0.25) is 0 Å². The fraction of sp³-hybridized carbons (Fsp3) is 0.400. The summed E-state index contributed by atoms with van der Waals surface area (Å²) >= 11 is 3.41. The number of hydrogen-bond donors (Lipinski definition) is 1. The zero-order valence-corrected chi connectivity index (χ0v) is 14.0. The summed E-state index contributed by atoms with van der Waals surface area (Å²) in [5.41, 5.74) is 2.70. The number of thioether (sulfide) groups is 1. The number of hydrogen-bond acceptors (Lipinski definition) is 5. The Kier molecular flexibility index (Phi) is 3.85. The van der Waals surface area contributed by atoms with E-state index in [1.165, 1.54) is 30.5 Å². The van der Waals surface area contributed by atoms with Crippen molar-refractivity contribution in [3.63, 3.8) is 0 Å². The highest BCUT2D eigenvalue weighted by atomic mass is 32.2. The molecule has 0 saturated carbocycles. The summed E-state index contributed by atoms with van der Waals surface area (Å²) in [5.74, 6) is 1.95. The minimum Gasteiger partial charge on any atom is -0.337 e. The van der Waals surface area contributed by atoms with E-state index in [1.54, 1.807) is 23.1 Å². The van der Waals surface area contributed by atoms with Crippen LogP contribution in [0.4, 0.5) is 0 Å². The Morgan fingerprint density at radius 1 is 1.36 bits per heavy atom. The second-order valence-corrected chi connectivity index (χ2v) is 7.79. The van der Waals surface area contributed by atoms with Crippen molar-refractivity contribution in [2.75, 3.05) is 6.54 Å². The van der Waals surface area contributed by atoms with E-state index >= 15 is 0 Å². The smallest absolute Gasteiger partial charge is 0.235 e. The first kappa shape index (κ1) is 14.2. The zero-order valence-electron chi connectivity index (χ0n) is 12.4. The summed E-state index contributed by atoms with van der Waals surface area (Å²) in [6.07, 6.45) is 2.42. The summed E-state index contributed by atoms with van der Waals surface area (Å²) in [6, 6.07) is 8.93. The maximum atomic E-state index is 4.72. The summed E-state index contributed by atoms with van der Waals surface area (Å²) in [6.45, 7) is 3.33. The average Bonchev–Trinajstić information content (AvgIpc) is 3.22. The number of aromatic nitrogens is 4. The number of rotatable bonds is 4.